The lowest BCUT2D eigenvalue weighted by Crippen LogP contribution is -2.60. The maximum Gasteiger partial charge on any atom is 0.326 e. The fourth-order valence-electron chi connectivity index (χ4n) is 8.04. The van der Waals surface area contributed by atoms with Gasteiger partial charge >= 0.3 is 5.97 Å². The standard InChI is InChI=1S/C44H64N12O15/c1-23(58)49-30(22-57)40(66)52-26(12-16-34(46)60)38(64)50-25(11-15-33(45)59)37(63)51-27(13-17-35(47)61)39(65)53-28(14-18-36(48)62)42(68)56-20-6-10-32(56)43(69)55-19-5-9-31(55)41(67)54-29(44(70)71)21-24-7-3-2-4-8-24/h2-4,7-8,25-32,57H,5-6,9-22H2,1H3,(H2,45,59)(H2,46,60)(H2,47,61)(H2,48,62)(H,49,58)(H,50,64)(H,51,63)(H,52,66)(H,53,65)(H,54,67)(H,70,71)/t25-,26-,27-,28-,29-,30-,31-,32-/m0/s1. The van der Waals surface area contributed by atoms with E-state index in [-0.39, 0.29) is 32.4 Å². The molecule has 0 saturated carbocycles. The Morgan fingerprint density at radius 2 is 0.958 bits per heavy atom. The van der Waals surface area contributed by atoms with E-state index in [1.54, 1.807) is 30.3 Å². The van der Waals surface area contributed by atoms with Crippen LogP contribution < -0.4 is 54.8 Å². The van der Waals surface area contributed by atoms with E-state index < -0.39 is 183 Å². The molecule has 12 amide bonds. The number of aliphatic hydroxyl groups is 1. The third kappa shape index (κ3) is 18.6. The smallest absolute Gasteiger partial charge is 0.326 e. The highest BCUT2D eigenvalue weighted by molar-refractivity contribution is 5.99. The number of hydrogen-bond acceptors (Lipinski definition) is 14. The van der Waals surface area contributed by atoms with Crippen LogP contribution in [-0.2, 0) is 68.7 Å². The highest BCUT2D eigenvalue weighted by atomic mass is 16.4. The third-order valence-corrected chi connectivity index (χ3v) is 11.7. The van der Waals surface area contributed by atoms with Crippen molar-refractivity contribution in [3.63, 3.8) is 0 Å². The number of nitrogens with two attached hydrogens (primary N) is 4. The van der Waals surface area contributed by atoms with Gasteiger partial charge in [-0.05, 0) is 56.9 Å². The minimum Gasteiger partial charge on any atom is -0.480 e. The molecule has 1 aromatic carbocycles. The van der Waals surface area contributed by atoms with Gasteiger partial charge in [-0.3, -0.25) is 57.5 Å². The van der Waals surface area contributed by atoms with Crippen LogP contribution in [0.25, 0.3) is 0 Å². The number of carboxylic acids is 1. The molecule has 1 aromatic rings. The van der Waals surface area contributed by atoms with Crippen LogP contribution >= 0.6 is 0 Å². The molecule has 0 spiro atoms. The van der Waals surface area contributed by atoms with Crippen molar-refractivity contribution in [2.24, 2.45) is 22.9 Å². The highest BCUT2D eigenvalue weighted by Crippen LogP contribution is 2.26. The molecule has 2 saturated heterocycles. The SMILES string of the molecule is CC(=O)N[C@@H](CO)C(=O)N[C@@H](CCC(N)=O)C(=O)N[C@@H](CCC(N)=O)C(=O)N[C@@H](CCC(N)=O)C(=O)N[C@@H](CCC(N)=O)C(=O)N1CCC[C@H]1C(=O)N1CCC[C@H]1C(=O)N[C@@H](Cc1ccccc1)C(=O)O. The fraction of sp³-hybridized carbons (Fsp3) is 0.568. The first kappa shape index (κ1) is 57.6. The molecule has 0 bridgehead atoms. The minimum absolute atomic E-state index is 0.00108. The number of hydrogen-bond donors (Lipinski definition) is 12. The number of rotatable bonds is 29. The summed E-state index contributed by atoms with van der Waals surface area (Å²) in [4.78, 5) is 170. The average Bonchev–Trinajstić information content (AvgIpc) is 4.01. The van der Waals surface area contributed by atoms with Crippen molar-refractivity contribution in [1.82, 2.24) is 41.7 Å². The quantitative estimate of drug-likeness (QED) is 0.0356. The van der Waals surface area contributed by atoms with Crippen molar-refractivity contribution in [3.8, 4) is 0 Å². The molecule has 71 heavy (non-hydrogen) atoms. The number of likely N-dealkylation sites (tertiary alicyclic amines) is 2. The van der Waals surface area contributed by atoms with Gasteiger partial charge < -0.3 is 74.8 Å². The molecule has 0 aliphatic carbocycles. The zero-order valence-electron chi connectivity index (χ0n) is 39.2. The van der Waals surface area contributed by atoms with Gasteiger partial charge in [-0.2, -0.15) is 0 Å². The van der Waals surface area contributed by atoms with Crippen molar-refractivity contribution in [1.29, 1.82) is 0 Å². The lowest BCUT2D eigenvalue weighted by molar-refractivity contribution is -0.149. The predicted octanol–water partition coefficient (Wildman–Crippen LogP) is -5.72. The molecule has 3 rings (SSSR count). The summed E-state index contributed by atoms with van der Waals surface area (Å²) in [6, 6.07) is -3.10. The molecule has 0 unspecified atom stereocenters. The molecule has 0 aromatic heterocycles. The van der Waals surface area contributed by atoms with Gasteiger partial charge in [-0.15, -0.1) is 0 Å². The van der Waals surface area contributed by atoms with E-state index in [2.05, 4.69) is 31.9 Å². The Morgan fingerprint density at radius 3 is 1.38 bits per heavy atom. The van der Waals surface area contributed by atoms with Crippen LogP contribution in [0.2, 0.25) is 0 Å². The first-order valence-corrected chi connectivity index (χ1v) is 22.9. The van der Waals surface area contributed by atoms with Gasteiger partial charge in [0.25, 0.3) is 0 Å². The number of benzene rings is 1. The fourth-order valence-corrected chi connectivity index (χ4v) is 8.04. The van der Waals surface area contributed by atoms with Crippen LogP contribution in [0.5, 0.6) is 0 Å². The van der Waals surface area contributed by atoms with E-state index >= 15 is 0 Å². The molecule has 2 aliphatic rings. The summed E-state index contributed by atoms with van der Waals surface area (Å²) in [7, 11) is 0. The number of carbonyl (C=O) groups excluding carboxylic acids is 12. The monoisotopic (exact) mass is 1000 g/mol. The number of amides is 12. The maximum absolute atomic E-state index is 14.4. The van der Waals surface area contributed by atoms with E-state index in [0.29, 0.717) is 18.4 Å². The minimum atomic E-state index is -1.71. The summed E-state index contributed by atoms with van der Waals surface area (Å²) in [5.41, 5.74) is 22.0. The van der Waals surface area contributed by atoms with Crippen molar-refractivity contribution < 1.29 is 72.5 Å². The first-order chi connectivity index (χ1) is 33.5. The van der Waals surface area contributed by atoms with E-state index in [9.17, 15) is 72.5 Å². The van der Waals surface area contributed by atoms with Crippen molar-refractivity contribution in [2.45, 2.75) is 139 Å². The van der Waals surface area contributed by atoms with Gasteiger partial charge in [0.05, 0.1) is 6.61 Å². The van der Waals surface area contributed by atoms with Gasteiger partial charge in [-0.1, -0.05) is 30.3 Å². The summed E-state index contributed by atoms with van der Waals surface area (Å²) in [5, 5.41) is 33.6. The molecule has 27 heteroatoms. The number of carbonyl (C=O) groups is 13. The molecular formula is C44H64N12O15. The Labute approximate surface area is 407 Å². The Morgan fingerprint density at radius 1 is 0.549 bits per heavy atom. The molecule has 8 atom stereocenters. The molecule has 390 valence electrons. The molecule has 2 fully saturated rings. The zero-order valence-corrected chi connectivity index (χ0v) is 39.2. The Balaban J connectivity index is 1.86. The lowest BCUT2D eigenvalue weighted by Gasteiger charge is -2.33. The van der Waals surface area contributed by atoms with Crippen molar-refractivity contribution >= 4 is 76.9 Å². The van der Waals surface area contributed by atoms with E-state index in [1.807, 2.05) is 0 Å². The van der Waals surface area contributed by atoms with Crippen LogP contribution in [0.1, 0.15) is 89.5 Å². The Bertz CT molecular complexity index is 2160. The van der Waals surface area contributed by atoms with Crippen LogP contribution in [0.3, 0.4) is 0 Å². The number of aliphatic hydroxyl groups excluding tert-OH is 1. The van der Waals surface area contributed by atoms with Gasteiger partial charge in [0.15, 0.2) is 0 Å². The van der Waals surface area contributed by atoms with Crippen molar-refractivity contribution in [2.75, 3.05) is 19.7 Å². The maximum atomic E-state index is 14.4. The molecule has 2 heterocycles. The van der Waals surface area contributed by atoms with Gasteiger partial charge in [-0.25, -0.2) is 4.79 Å². The molecule has 16 N–H and O–H groups in total. The summed E-state index contributed by atoms with van der Waals surface area (Å²) in [6.45, 7) is 0.273. The Hall–Kier alpha value is -7.71. The number of carboxylic acid groups (broad SMARTS) is 1. The van der Waals surface area contributed by atoms with E-state index in [0.717, 1.165) is 6.92 Å². The van der Waals surface area contributed by atoms with Gasteiger partial charge in [0.2, 0.25) is 70.9 Å². The number of primary amides is 4. The molecule has 2 aliphatic heterocycles. The number of nitrogens with one attached hydrogen (secondary N) is 6. The lowest BCUT2D eigenvalue weighted by atomic mass is 10.0. The second-order valence-corrected chi connectivity index (χ2v) is 17.2. The van der Waals surface area contributed by atoms with Crippen LogP contribution in [-0.4, -0.2) is 165 Å². The van der Waals surface area contributed by atoms with E-state index in [4.69, 9.17) is 22.9 Å². The first-order valence-electron chi connectivity index (χ1n) is 22.9. The molecule has 27 nitrogen and oxygen atoms in total. The third-order valence-electron chi connectivity index (χ3n) is 11.7. The zero-order chi connectivity index (χ0) is 52.9. The topological polar surface area (TPSA) is 445 Å². The van der Waals surface area contributed by atoms with Crippen LogP contribution in [0.15, 0.2) is 30.3 Å². The van der Waals surface area contributed by atoms with Crippen molar-refractivity contribution in [3.05, 3.63) is 35.9 Å². The normalized spacial score (nSPS) is 17.7. The predicted molar refractivity (Wildman–Crippen MR) is 245 cm³/mol. The number of aliphatic carboxylic acids is 1. The molecule has 0 radical (unpaired) electrons. The second kappa shape index (κ2) is 28.1. The van der Waals surface area contributed by atoms with Crippen LogP contribution in [0.4, 0.5) is 0 Å². The summed E-state index contributed by atoms with van der Waals surface area (Å²) in [5.74, 6) is -12.2. The van der Waals surface area contributed by atoms with Gasteiger partial charge in [0.1, 0.15) is 48.3 Å². The summed E-state index contributed by atoms with van der Waals surface area (Å²) in [6.07, 6.45) is -2.82. The van der Waals surface area contributed by atoms with E-state index in [1.165, 1.54) is 9.80 Å². The summed E-state index contributed by atoms with van der Waals surface area (Å²) >= 11 is 0. The number of nitrogens with zero attached hydrogens (tertiary/aromatic N) is 2. The highest BCUT2D eigenvalue weighted by Gasteiger charge is 2.44. The van der Waals surface area contributed by atoms with Crippen LogP contribution in [0, 0.1) is 0 Å². The second-order valence-electron chi connectivity index (χ2n) is 17.2. The van der Waals surface area contributed by atoms with Gasteiger partial charge in [0, 0.05) is 52.1 Å². The average molecular weight is 1000 g/mol. The molecular weight excluding hydrogens is 937 g/mol. The largest absolute Gasteiger partial charge is 0.480 e. The summed E-state index contributed by atoms with van der Waals surface area (Å²) < 4.78 is 0. The Kier molecular flexibility index (Phi) is 22.8.